The molecule has 0 saturated carbocycles. The molecule has 2 atom stereocenters. The molecule has 18 heavy (non-hydrogen) atoms. The molecule has 1 aliphatic rings. The number of aliphatic hydroxyl groups excluding tert-OH is 2. The van der Waals surface area contributed by atoms with Gasteiger partial charge in [-0.3, -0.25) is 4.79 Å². The number of aliphatic hydroxyl groups is 2. The number of carbonyl (C=O) groups excluding carboxylic acids is 1. The second kappa shape index (κ2) is 5.69. The molecule has 0 aromatic heterocycles. The van der Waals surface area contributed by atoms with Crippen molar-refractivity contribution in [2.75, 3.05) is 17.3 Å². The van der Waals surface area contributed by atoms with E-state index in [1.807, 2.05) is 0 Å². The van der Waals surface area contributed by atoms with Crippen LogP contribution in [0.5, 0.6) is 5.75 Å². The van der Waals surface area contributed by atoms with Crippen LogP contribution in [-0.2, 0) is 4.79 Å². The number of fused-ring (bicyclic) bond motifs is 1. The highest BCUT2D eigenvalue weighted by molar-refractivity contribution is 9.09. The number of hydrogen-bond acceptors (Lipinski definition) is 4. The normalized spacial score (nSPS) is 17.4. The molecule has 0 saturated heterocycles. The molecule has 3 N–H and O–H groups in total. The van der Waals surface area contributed by atoms with Gasteiger partial charge in [-0.2, -0.15) is 0 Å². The monoisotopic (exact) mass is 315 g/mol. The van der Waals surface area contributed by atoms with Gasteiger partial charge in [-0.05, 0) is 24.1 Å². The maximum Gasteiger partial charge on any atom is 0.262 e. The van der Waals surface area contributed by atoms with E-state index in [1.165, 1.54) is 0 Å². The minimum absolute atomic E-state index is 0.00110. The SMILES string of the molecule is O=C1COc2ccc(C(O)C(O)CCBr)cc2N1. The molecule has 1 heterocycles. The van der Waals surface area contributed by atoms with Gasteiger partial charge >= 0.3 is 0 Å². The first-order valence-electron chi connectivity index (χ1n) is 5.60. The molecular formula is C12H14BrNO4. The smallest absolute Gasteiger partial charge is 0.262 e. The number of anilines is 1. The summed E-state index contributed by atoms with van der Waals surface area (Å²) in [5, 5.41) is 23.0. The summed E-state index contributed by atoms with van der Waals surface area (Å²) in [6.07, 6.45) is -1.38. The number of carbonyl (C=O) groups is 1. The number of amides is 1. The summed E-state index contributed by atoms with van der Waals surface area (Å²) in [4.78, 5) is 11.2. The third-order valence-corrected chi connectivity index (χ3v) is 3.21. The first-order chi connectivity index (χ1) is 8.61. The van der Waals surface area contributed by atoms with Crippen LogP contribution in [-0.4, -0.2) is 34.2 Å². The van der Waals surface area contributed by atoms with E-state index in [1.54, 1.807) is 18.2 Å². The fourth-order valence-electron chi connectivity index (χ4n) is 1.78. The van der Waals surface area contributed by atoms with Gasteiger partial charge < -0.3 is 20.3 Å². The van der Waals surface area contributed by atoms with Crippen LogP contribution >= 0.6 is 15.9 Å². The maximum atomic E-state index is 11.2. The van der Waals surface area contributed by atoms with Crippen molar-refractivity contribution in [2.45, 2.75) is 18.6 Å². The average molecular weight is 316 g/mol. The Morgan fingerprint density at radius 1 is 1.44 bits per heavy atom. The topological polar surface area (TPSA) is 78.8 Å². The Kier molecular flexibility index (Phi) is 4.21. The van der Waals surface area contributed by atoms with Crippen LogP contribution in [0.2, 0.25) is 0 Å². The molecule has 0 bridgehead atoms. The summed E-state index contributed by atoms with van der Waals surface area (Å²) in [5.41, 5.74) is 1.07. The molecule has 6 heteroatoms. The molecule has 5 nitrogen and oxygen atoms in total. The minimum atomic E-state index is -0.980. The van der Waals surface area contributed by atoms with Crippen molar-refractivity contribution in [1.82, 2.24) is 0 Å². The molecule has 0 radical (unpaired) electrons. The van der Waals surface area contributed by atoms with Gasteiger partial charge in [0.15, 0.2) is 6.61 Å². The summed E-state index contributed by atoms with van der Waals surface area (Å²) in [5.74, 6) is 0.343. The standard InChI is InChI=1S/C12H14BrNO4/c13-4-3-9(15)12(17)7-1-2-10-8(5-7)14-11(16)6-18-10/h1-2,5,9,12,15,17H,3-4,6H2,(H,14,16). The molecular weight excluding hydrogens is 302 g/mol. The summed E-state index contributed by atoms with van der Waals surface area (Å²) in [6.45, 7) is 0.00110. The number of ether oxygens (including phenoxy) is 1. The molecule has 2 rings (SSSR count). The lowest BCUT2D eigenvalue weighted by Crippen LogP contribution is -2.26. The molecule has 2 unspecified atom stereocenters. The lowest BCUT2D eigenvalue weighted by molar-refractivity contribution is -0.118. The molecule has 1 aromatic carbocycles. The Hall–Kier alpha value is -1.11. The van der Waals surface area contributed by atoms with Crippen LogP contribution in [0.1, 0.15) is 18.1 Å². The van der Waals surface area contributed by atoms with E-state index in [2.05, 4.69) is 21.2 Å². The molecule has 0 aliphatic carbocycles. The predicted octanol–water partition coefficient (Wildman–Crippen LogP) is 1.20. The van der Waals surface area contributed by atoms with Crippen LogP contribution in [0, 0.1) is 0 Å². The van der Waals surface area contributed by atoms with Crippen LogP contribution in [0.25, 0.3) is 0 Å². The van der Waals surface area contributed by atoms with E-state index in [0.717, 1.165) is 0 Å². The Morgan fingerprint density at radius 3 is 2.94 bits per heavy atom. The molecule has 98 valence electrons. The Labute approximate surface area is 113 Å². The average Bonchev–Trinajstić information content (AvgIpc) is 2.37. The van der Waals surface area contributed by atoms with Crippen LogP contribution in [0.15, 0.2) is 18.2 Å². The van der Waals surface area contributed by atoms with E-state index >= 15 is 0 Å². The van der Waals surface area contributed by atoms with Crippen molar-refractivity contribution in [3.63, 3.8) is 0 Å². The lowest BCUT2D eigenvalue weighted by Gasteiger charge is -2.21. The highest BCUT2D eigenvalue weighted by Gasteiger charge is 2.21. The fourth-order valence-corrected chi connectivity index (χ4v) is 2.25. The quantitative estimate of drug-likeness (QED) is 0.729. The van der Waals surface area contributed by atoms with Crippen LogP contribution in [0.3, 0.4) is 0 Å². The number of nitrogens with one attached hydrogen (secondary N) is 1. The lowest BCUT2D eigenvalue weighted by atomic mass is 10.0. The largest absolute Gasteiger partial charge is 0.482 e. The summed E-state index contributed by atoms with van der Waals surface area (Å²) in [6, 6.07) is 4.97. The van der Waals surface area contributed by atoms with Crippen molar-refractivity contribution in [2.24, 2.45) is 0 Å². The van der Waals surface area contributed by atoms with Gasteiger partial charge in [0, 0.05) is 5.33 Å². The van der Waals surface area contributed by atoms with Crippen molar-refractivity contribution in [3.8, 4) is 5.75 Å². The van der Waals surface area contributed by atoms with Crippen molar-refractivity contribution in [1.29, 1.82) is 0 Å². The molecule has 1 aliphatic heterocycles. The molecule has 1 aromatic rings. The first-order valence-corrected chi connectivity index (χ1v) is 6.72. The Balaban J connectivity index is 2.20. The van der Waals surface area contributed by atoms with Gasteiger partial charge in [-0.15, -0.1) is 0 Å². The van der Waals surface area contributed by atoms with Gasteiger partial charge in [-0.1, -0.05) is 22.0 Å². The fraction of sp³-hybridized carbons (Fsp3) is 0.417. The number of alkyl halides is 1. The molecule has 1 amide bonds. The van der Waals surface area contributed by atoms with Gasteiger partial charge in [0.2, 0.25) is 0 Å². The van der Waals surface area contributed by atoms with E-state index in [0.29, 0.717) is 28.8 Å². The second-order valence-corrected chi connectivity index (χ2v) is 4.88. The zero-order chi connectivity index (χ0) is 13.1. The van der Waals surface area contributed by atoms with Gasteiger partial charge in [0.1, 0.15) is 11.9 Å². The third kappa shape index (κ3) is 2.82. The van der Waals surface area contributed by atoms with E-state index in [9.17, 15) is 15.0 Å². The van der Waals surface area contributed by atoms with Crippen molar-refractivity contribution < 1.29 is 19.7 Å². The zero-order valence-corrected chi connectivity index (χ0v) is 11.2. The second-order valence-electron chi connectivity index (χ2n) is 4.08. The number of rotatable bonds is 4. The summed E-state index contributed by atoms with van der Waals surface area (Å²) < 4.78 is 5.21. The Morgan fingerprint density at radius 2 is 2.22 bits per heavy atom. The van der Waals surface area contributed by atoms with E-state index in [4.69, 9.17) is 4.74 Å². The number of halogens is 1. The van der Waals surface area contributed by atoms with Gasteiger partial charge in [0.25, 0.3) is 5.91 Å². The van der Waals surface area contributed by atoms with Crippen molar-refractivity contribution in [3.05, 3.63) is 23.8 Å². The maximum absolute atomic E-state index is 11.2. The summed E-state index contributed by atoms with van der Waals surface area (Å²) in [7, 11) is 0. The van der Waals surface area contributed by atoms with Gasteiger partial charge in [-0.25, -0.2) is 0 Å². The highest BCUT2D eigenvalue weighted by atomic mass is 79.9. The van der Waals surface area contributed by atoms with Crippen LogP contribution < -0.4 is 10.1 Å². The predicted molar refractivity (Wildman–Crippen MR) is 69.9 cm³/mol. The number of hydrogen-bond donors (Lipinski definition) is 3. The Bertz CT molecular complexity index is 452. The summed E-state index contributed by atoms with van der Waals surface area (Å²) >= 11 is 3.21. The number of benzene rings is 1. The minimum Gasteiger partial charge on any atom is -0.482 e. The molecule has 0 spiro atoms. The highest BCUT2D eigenvalue weighted by Crippen LogP contribution is 2.31. The van der Waals surface area contributed by atoms with E-state index in [-0.39, 0.29) is 12.5 Å². The zero-order valence-electron chi connectivity index (χ0n) is 9.60. The van der Waals surface area contributed by atoms with Gasteiger partial charge in [0.05, 0.1) is 11.8 Å². The molecule has 0 fully saturated rings. The first kappa shape index (κ1) is 13.3. The van der Waals surface area contributed by atoms with E-state index < -0.39 is 12.2 Å². The third-order valence-electron chi connectivity index (χ3n) is 2.75. The van der Waals surface area contributed by atoms with Crippen LogP contribution in [0.4, 0.5) is 5.69 Å². The van der Waals surface area contributed by atoms with Crippen molar-refractivity contribution >= 4 is 27.5 Å².